The first kappa shape index (κ1) is 10.8. The molecule has 74 valence electrons. The Morgan fingerprint density at radius 2 is 2.15 bits per heavy atom. The van der Waals surface area contributed by atoms with Gasteiger partial charge in [-0.1, -0.05) is 11.6 Å². The molecule has 0 saturated heterocycles. The molecule has 0 spiro atoms. The maximum atomic E-state index is 11.4. The van der Waals surface area contributed by atoms with E-state index in [2.05, 4.69) is 4.72 Å². The molecular formula is C7H10ClNO2S2. The van der Waals surface area contributed by atoms with Crippen molar-refractivity contribution in [1.82, 2.24) is 0 Å². The van der Waals surface area contributed by atoms with Crippen LogP contribution in [0, 0.1) is 0 Å². The van der Waals surface area contributed by atoms with Gasteiger partial charge in [0.1, 0.15) is 0 Å². The fourth-order valence-corrected chi connectivity index (χ4v) is 2.22. The van der Waals surface area contributed by atoms with Crippen molar-refractivity contribution < 1.29 is 8.42 Å². The largest absolute Gasteiger partial charge is 0.282 e. The van der Waals surface area contributed by atoms with Crippen molar-refractivity contribution in [3.8, 4) is 0 Å². The molecule has 3 nitrogen and oxygen atoms in total. The van der Waals surface area contributed by atoms with Crippen LogP contribution < -0.4 is 4.72 Å². The second-order valence-corrected chi connectivity index (χ2v) is 6.61. The topological polar surface area (TPSA) is 46.2 Å². The number of halogens is 1. The number of sulfonamides is 1. The van der Waals surface area contributed by atoms with Gasteiger partial charge in [-0.2, -0.15) is 0 Å². The molecule has 0 bridgehead atoms. The molecule has 0 aliphatic carbocycles. The highest BCUT2D eigenvalue weighted by atomic mass is 35.5. The van der Waals surface area contributed by atoms with Crippen LogP contribution in [-0.4, -0.2) is 13.7 Å². The number of hydrogen-bond acceptors (Lipinski definition) is 3. The van der Waals surface area contributed by atoms with Crippen LogP contribution in [0.5, 0.6) is 0 Å². The average molecular weight is 240 g/mol. The fourth-order valence-electron chi connectivity index (χ4n) is 0.646. The third kappa shape index (κ3) is 2.86. The summed E-state index contributed by atoms with van der Waals surface area (Å²) in [5.74, 6) is 0. The standard InChI is InChI=1S/C7H10ClNO2S2/c1-5(2)13(10,11)9-6-3-7(8)12-4-6/h3-5,9H,1-2H3. The summed E-state index contributed by atoms with van der Waals surface area (Å²) >= 11 is 6.95. The first-order valence-corrected chi connectivity index (χ1v) is 6.48. The number of rotatable bonds is 3. The third-order valence-corrected chi connectivity index (χ3v) is 4.30. The zero-order valence-electron chi connectivity index (χ0n) is 7.24. The second-order valence-electron chi connectivity index (χ2n) is 2.84. The van der Waals surface area contributed by atoms with Crippen molar-refractivity contribution in [1.29, 1.82) is 0 Å². The first-order valence-electron chi connectivity index (χ1n) is 3.67. The Morgan fingerprint density at radius 3 is 2.54 bits per heavy atom. The SMILES string of the molecule is CC(C)S(=O)(=O)Nc1csc(Cl)c1. The summed E-state index contributed by atoms with van der Waals surface area (Å²) in [4.78, 5) is 0. The van der Waals surface area contributed by atoms with E-state index in [1.165, 1.54) is 11.3 Å². The summed E-state index contributed by atoms with van der Waals surface area (Å²) in [7, 11) is -3.24. The molecule has 0 aromatic carbocycles. The number of hydrogen-bond donors (Lipinski definition) is 1. The Bertz CT molecular complexity index is 383. The van der Waals surface area contributed by atoms with Gasteiger partial charge in [0.2, 0.25) is 10.0 Å². The molecule has 0 aliphatic heterocycles. The summed E-state index contributed by atoms with van der Waals surface area (Å²) in [6.45, 7) is 3.24. The van der Waals surface area contributed by atoms with E-state index in [1.54, 1.807) is 25.3 Å². The Balaban J connectivity index is 2.81. The highest BCUT2D eigenvalue weighted by Gasteiger charge is 2.15. The van der Waals surface area contributed by atoms with Crippen molar-refractivity contribution >= 4 is 38.6 Å². The van der Waals surface area contributed by atoms with Crippen molar-refractivity contribution in [3.05, 3.63) is 15.8 Å². The van der Waals surface area contributed by atoms with E-state index in [-0.39, 0.29) is 0 Å². The predicted octanol–water partition coefficient (Wildman–Crippen LogP) is 2.55. The quantitative estimate of drug-likeness (QED) is 0.881. The number of anilines is 1. The molecule has 0 aliphatic rings. The van der Waals surface area contributed by atoms with Crippen molar-refractivity contribution in [2.75, 3.05) is 4.72 Å². The van der Waals surface area contributed by atoms with Crippen molar-refractivity contribution in [3.63, 3.8) is 0 Å². The molecule has 0 amide bonds. The van der Waals surface area contributed by atoms with Crippen LogP contribution in [0.4, 0.5) is 5.69 Å². The van der Waals surface area contributed by atoms with Crippen molar-refractivity contribution in [2.45, 2.75) is 19.1 Å². The molecule has 0 atom stereocenters. The molecule has 1 aromatic heterocycles. The zero-order chi connectivity index (χ0) is 10.1. The zero-order valence-corrected chi connectivity index (χ0v) is 9.63. The van der Waals surface area contributed by atoms with Gasteiger partial charge in [-0.15, -0.1) is 11.3 Å². The molecule has 6 heteroatoms. The van der Waals surface area contributed by atoms with Crippen LogP contribution in [0.15, 0.2) is 11.4 Å². The number of nitrogens with one attached hydrogen (secondary N) is 1. The maximum Gasteiger partial charge on any atom is 0.235 e. The summed E-state index contributed by atoms with van der Waals surface area (Å²) in [6.07, 6.45) is 0. The smallest absolute Gasteiger partial charge is 0.235 e. The van der Waals surface area contributed by atoms with Crippen LogP contribution in [-0.2, 0) is 10.0 Å². The van der Waals surface area contributed by atoms with E-state index in [9.17, 15) is 8.42 Å². The fraction of sp³-hybridized carbons (Fsp3) is 0.429. The molecule has 0 unspecified atom stereocenters. The van der Waals surface area contributed by atoms with Crippen LogP contribution in [0.3, 0.4) is 0 Å². The maximum absolute atomic E-state index is 11.4. The van der Waals surface area contributed by atoms with Gasteiger partial charge < -0.3 is 0 Å². The van der Waals surface area contributed by atoms with Gasteiger partial charge in [-0.25, -0.2) is 8.42 Å². The van der Waals surface area contributed by atoms with E-state index in [0.29, 0.717) is 10.0 Å². The van der Waals surface area contributed by atoms with Crippen LogP contribution in [0.2, 0.25) is 4.34 Å². The molecule has 1 N–H and O–H groups in total. The Kier molecular flexibility index (Phi) is 3.21. The van der Waals surface area contributed by atoms with Gasteiger partial charge in [-0.05, 0) is 19.9 Å². The van der Waals surface area contributed by atoms with Gasteiger partial charge in [0.15, 0.2) is 0 Å². The lowest BCUT2D eigenvalue weighted by Crippen LogP contribution is -2.22. The summed E-state index contributed by atoms with van der Waals surface area (Å²) in [5, 5.41) is 1.23. The molecule has 13 heavy (non-hydrogen) atoms. The van der Waals surface area contributed by atoms with Crippen molar-refractivity contribution in [2.24, 2.45) is 0 Å². The van der Waals surface area contributed by atoms with E-state index >= 15 is 0 Å². The number of thiophene rings is 1. The minimum atomic E-state index is -3.24. The lowest BCUT2D eigenvalue weighted by molar-refractivity contribution is 0.593. The van der Waals surface area contributed by atoms with E-state index in [0.717, 1.165) is 0 Å². The molecule has 1 aromatic rings. The van der Waals surface area contributed by atoms with Crippen LogP contribution in [0.1, 0.15) is 13.8 Å². The predicted molar refractivity (Wildman–Crippen MR) is 57.0 cm³/mol. The highest BCUT2D eigenvalue weighted by molar-refractivity contribution is 7.93. The molecule has 0 radical (unpaired) electrons. The Labute approximate surface area is 86.8 Å². The third-order valence-electron chi connectivity index (χ3n) is 1.45. The average Bonchev–Trinajstić information content (AvgIpc) is 2.34. The lowest BCUT2D eigenvalue weighted by Gasteiger charge is -2.08. The molecule has 1 heterocycles. The first-order chi connectivity index (χ1) is 5.92. The lowest BCUT2D eigenvalue weighted by atomic mass is 10.6. The van der Waals surface area contributed by atoms with E-state index in [4.69, 9.17) is 11.6 Å². The van der Waals surface area contributed by atoms with Gasteiger partial charge in [0.25, 0.3) is 0 Å². The summed E-state index contributed by atoms with van der Waals surface area (Å²) < 4.78 is 25.7. The monoisotopic (exact) mass is 239 g/mol. The summed E-state index contributed by atoms with van der Waals surface area (Å²) in [5.41, 5.74) is 0.531. The minimum absolute atomic E-state index is 0.439. The van der Waals surface area contributed by atoms with E-state index in [1.807, 2.05) is 0 Å². The molecular weight excluding hydrogens is 230 g/mol. The van der Waals surface area contributed by atoms with Crippen LogP contribution in [0.25, 0.3) is 0 Å². The summed E-state index contributed by atoms with van der Waals surface area (Å²) in [6, 6.07) is 1.59. The van der Waals surface area contributed by atoms with Gasteiger partial charge >= 0.3 is 0 Å². The Hall–Kier alpha value is -0.260. The van der Waals surface area contributed by atoms with Gasteiger partial charge in [0.05, 0.1) is 15.3 Å². The second kappa shape index (κ2) is 3.86. The van der Waals surface area contributed by atoms with Gasteiger partial charge in [-0.3, -0.25) is 4.72 Å². The molecule has 1 rings (SSSR count). The van der Waals surface area contributed by atoms with E-state index < -0.39 is 15.3 Å². The molecule has 0 saturated carbocycles. The Morgan fingerprint density at radius 1 is 1.54 bits per heavy atom. The van der Waals surface area contributed by atoms with Crippen LogP contribution >= 0.6 is 22.9 Å². The minimum Gasteiger partial charge on any atom is -0.282 e. The molecule has 0 fully saturated rings. The normalized spacial score (nSPS) is 12.0. The van der Waals surface area contributed by atoms with Gasteiger partial charge in [0, 0.05) is 5.38 Å². The highest BCUT2D eigenvalue weighted by Crippen LogP contribution is 2.24.